The lowest BCUT2D eigenvalue weighted by atomic mass is 9.97. The minimum atomic E-state index is -3.61. The third kappa shape index (κ3) is 7.20. The summed E-state index contributed by atoms with van der Waals surface area (Å²) in [6.07, 6.45) is 0.178. The standard InChI is InChI=1S/C11H23NO4S/c1-10(2,3)8-12(17(7,14)15)9(13)16-11(4,5)6/h8H2,1-7H3. The number of carbonyl (C=O) groups excluding carboxylic acids is 1. The van der Waals surface area contributed by atoms with E-state index in [4.69, 9.17) is 4.74 Å². The van der Waals surface area contributed by atoms with Crippen molar-refractivity contribution < 1.29 is 17.9 Å². The molecule has 0 fully saturated rings. The van der Waals surface area contributed by atoms with Crippen LogP contribution in [0.3, 0.4) is 0 Å². The quantitative estimate of drug-likeness (QED) is 0.768. The van der Waals surface area contributed by atoms with Crippen molar-refractivity contribution in [3.63, 3.8) is 0 Å². The Morgan fingerprint density at radius 3 is 1.76 bits per heavy atom. The van der Waals surface area contributed by atoms with E-state index in [0.717, 1.165) is 10.6 Å². The highest BCUT2D eigenvalue weighted by Crippen LogP contribution is 2.19. The van der Waals surface area contributed by atoms with E-state index in [0.29, 0.717) is 0 Å². The molecular weight excluding hydrogens is 242 g/mol. The molecule has 0 aliphatic rings. The van der Waals surface area contributed by atoms with Crippen LogP contribution in [0.15, 0.2) is 0 Å². The van der Waals surface area contributed by atoms with Gasteiger partial charge in [0.25, 0.3) is 0 Å². The van der Waals surface area contributed by atoms with Crippen molar-refractivity contribution in [1.82, 2.24) is 4.31 Å². The fraction of sp³-hybridized carbons (Fsp3) is 0.909. The highest BCUT2D eigenvalue weighted by atomic mass is 32.2. The van der Waals surface area contributed by atoms with E-state index >= 15 is 0 Å². The summed E-state index contributed by atoms with van der Waals surface area (Å²) in [5.41, 5.74) is -1.03. The molecule has 1 amide bonds. The monoisotopic (exact) mass is 265 g/mol. The van der Waals surface area contributed by atoms with E-state index in [9.17, 15) is 13.2 Å². The molecule has 0 aromatic heterocycles. The minimum absolute atomic E-state index is 0.0980. The number of hydrogen-bond acceptors (Lipinski definition) is 4. The van der Waals surface area contributed by atoms with Crippen molar-refractivity contribution in [2.45, 2.75) is 47.1 Å². The Labute approximate surface area is 104 Å². The second kappa shape index (κ2) is 4.84. The summed E-state index contributed by atoms with van der Waals surface area (Å²) < 4.78 is 29.0. The number of carbonyl (C=O) groups is 1. The van der Waals surface area contributed by atoms with Crippen LogP contribution < -0.4 is 0 Å². The molecule has 0 saturated carbocycles. The topological polar surface area (TPSA) is 63.7 Å². The predicted octanol–water partition coefficient (Wildman–Crippen LogP) is 2.23. The lowest BCUT2D eigenvalue weighted by Crippen LogP contribution is -2.44. The summed E-state index contributed by atoms with van der Waals surface area (Å²) >= 11 is 0. The zero-order chi connectivity index (χ0) is 14.1. The van der Waals surface area contributed by atoms with Gasteiger partial charge in [-0.2, -0.15) is 0 Å². The number of amides is 1. The molecule has 102 valence electrons. The molecule has 0 aliphatic carbocycles. The van der Waals surface area contributed by atoms with E-state index in [1.54, 1.807) is 20.8 Å². The second-order valence-electron chi connectivity index (χ2n) is 6.31. The summed E-state index contributed by atoms with van der Waals surface area (Å²) in [4.78, 5) is 11.8. The number of nitrogens with zero attached hydrogens (tertiary/aromatic N) is 1. The van der Waals surface area contributed by atoms with Gasteiger partial charge in [-0.15, -0.1) is 0 Å². The summed E-state index contributed by atoms with van der Waals surface area (Å²) in [5.74, 6) is 0. The number of hydrogen-bond donors (Lipinski definition) is 0. The first kappa shape index (κ1) is 16.2. The third-order valence-electron chi connectivity index (χ3n) is 1.62. The fourth-order valence-corrected chi connectivity index (χ4v) is 1.99. The van der Waals surface area contributed by atoms with E-state index in [1.807, 2.05) is 20.8 Å². The van der Waals surface area contributed by atoms with Crippen molar-refractivity contribution in [1.29, 1.82) is 0 Å². The third-order valence-corrected chi connectivity index (χ3v) is 2.69. The number of rotatable bonds is 2. The van der Waals surface area contributed by atoms with Crippen molar-refractivity contribution in [2.75, 3.05) is 12.8 Å². The average Bonchev–Trinajstić information content (AvgIpc) is 1.92. The molecule has 0 spiro atoms. The number of ether oxygens (including phenoxy) is 1. The van der Waals surface area contributed by atoms with Gasteiger partial charge in [-0.05, 0) is 26.2 Å². The van der Waals surface area contributed by atoms with Gasteiger partial charge in [-0.1, -0.05) is 20.8 Å². The van der Waals surface area contributed by atoms with Gasteiger partial charge in [0.1, 0.15) is 5.60 Å². The molecule has 0 aromatic carbocycles. The van der Waals surface area contributed by atoms with E-state index in [1.165, 1.54) is 0 Å². The smallest absolute Gasteiger partial charge is 0.424 e. The van der Waals surface area contributed by atoms with Crippen LogP contribution in [0.1, 0.15) is 41.5 Å². The molecule has 0 N–H and O–H groups in total. The van der Waals surface area contributed by atoms with Crippen LogP contribution in [0.25, 0.3) is 0 Å². The van der Waals surface area contributed by atoms with Gasteiger partial charge in [0, 0.05) is 6.54 Å². The van der Waals surface area contributed by atoms with Gasteiger partial charge in [0.05, 0.1) is 6.26 Å². The van der Waals surface area contributed by atoms with Gasteiger partial charge in [-0.25, -0.2) is 17.5 Å². The van der Waals surface area contributed by atoms with Crippen LogP contribution in [0.2, 0.25) is 0 Å². The summed E-state index contributed by atoms with van der Waals surface area (Å²) in [7, 11) is -3.61. The van der Waals surface area contributed by atoms with Gasteiger partial charge < -0.3 is 4.74 Å². The van der Waals surface area contributed by atoms with Gasteiger partial charge in [0.15, 0.2) is 0 Å². The van der Waals surface area contributed by atoms with Crippen LogP contribution in [-0.4, -0.2) is 37.2 Å². The van der Waals surface area contributed by atoms with Crippen LogP contribution in [0.4, 0.5) is 4.79 Å². The van der Waals surface area contributed by atoms with Crippen LogP contribution in [0, 0.1) is 5.41 Å². The maximum absolute atomic E-state index is 11.8. The molecule has 0 unspecified atom stereocenters. The Hall–Kier alpha value is -0.780. The normalized spacial score (nSPS) is 13.4. The Bertz CT molecular complexity index is 373. The highest BCUT2D eigenvalue weighted by Gasteiger charge is 2.31. The molecule has 0 bridgehead atoms. The van der Waals surface area contributed by atoms with Crippen molar-refractivity contribution in [3.05, 3.63) is 0 Å². The van der Waals surface area contributed by atoms with Crippen LogP contribution in [-0.2, 0) is 14.8 Å². The first-order chi connectivity index (χ1) is 7.22. The predicted molar refractivity (Wildman–Crippen MR) is 67.2 cm³/mol. The average molecular weight is 265 g/mol. The summed E-state index contributed by atoms with van der Waals surface area (Å²) in [5, 5.41) is 0. The Balaban J connectivity index is 5.04. The zero-order valence-corrected chi connectivity index (χ0v) is 12.5. The minimum Gasteiger partial charge on any atom is -0.443 e. The van der Waals surface area contributed by atoms with Crippen LogP contribution in [0.5, 0.6) is 0 Å². The molecule has 0 radical (unpaired) electrons. The molecule has 0 atom stereocenters. The Kier molecular flexibility index (Phi) is 4.62. The van der Waals surface area contributed by atoms with Gasteiger partial charge in [-0.3, -0.25) is 0 Å². The van der Waals surface area contributed by atoms with Gasteiger partial charge >= 0.3 is 6.09 Å². The Morgan fingerprint density at radius 1 is 1.12 bits per heavy atom. The molecule has 0 aliphatic heterocycles. The maximum atomic E-state index is 11.8. The first-order valence-electron chi connectivity index (χ1n) is 5.43. The second-order valence-corrected chi connectivity index (χ2v) is 8.22. The molecule has 5 nitrogen and oxygen atoms in total. The molecule has 0 aromatic rings. The molecule has 17 heavy (non-hydrogen) atoms. The lowest BCUT2D eigenvalue weighted by Gasteiger charge is -2.30. The highest BCUT2D eigenvalue weighted by molar-refractivity contribution is 7.88. The van der Waals surface area contributed by atoms with E-state index < -0.39 is 21.7 Å². The zero-order valence-electron chi connectivity index (χ0n) is 11.7. The molecule has 0 saturated heterocycles. The number of sulfonamides is 1. The van der Waals surface area contributed by atoms with Crippen LogP contribution >= 0.6 is 0 Å². The molecule has 0 rings (SSSR count). The summed E-state index contributed by atoms with van der Waals surface area (Å²) in [6, 6.07) is 0. The SMILES string of the molecule is CC(C)(C)CN(C(=O)OC(C)(C)C)S(C)(=O)=O. The van der Waals surface area contributed by atoms with E-state index in [2.05, 4.69) is 0 Å². The summed E-state index contributed by atoms with van der Waals surface area (Å²) in [6.45, 7) is 10.8. The van der Waals surface area contributed by atoms with Gasteiger partial charge in [0.2, 0.25) is 10.0 Å². The van der Waals surface area contributed by atoms with Crippen molar-refractivity contribution >= 4 is 16.1 Å². The molecule has 0 heterocycles. The maximum Gasteiger partial charge on any atom is 0.424 e. The molecular formula is C11H23NO4S. The van der Waals surface area contributed by atoms with Crippen molar-refractivity contribution in [3.8, 4) is 0 Å². The molecule has 6 heteroatoms. The largest absolute Gasteiger partial charge is 0.443 e. The lowest BCUT2D eigenvalue weighted by molar-refractivity contribution is 0.0354. The Morgan fingerprint density at radius 2 is 1.53 bits per heavy atom. The van der Waals surface area contributed by atoms with Crippen molar-refractivity contribution in [2.24, 2.45) is 5.41 Å². The fourth-order valence-electron chi connectivity index (χ4n) is 1.06. The van der Waals surface area contributed by atoms with E-state index in [-0.39, 0.29) is 12.0 Å². The first-order valence-corrected chi connectivity index (χ1v) is 7.28.